The first-order valence-electron chi connectivity index (χ1n) is 6.83. The van der Waals surface area contributed by atoms with E-state index in [4.69, 9.17) is 11.6 Å². The van der Waals surface area contributed by atoms with Crippen LogP contribution in [0.4, 0.5) is 0 Å². The summed E-state index contributed by atoms with van der Waals surface area (Å²) in [5.74, 6) is -0.342. The lowest BCUT2D eigenvalue weighted by atomic mass is 10.1. The van der Waals surface area contributed by atoms with E-state index in [2.05, 4.69) is 5.32 Å². The smallest absolute Gasteiger partial charge is 0.253 e. The van der Waals surface area contributed by atoms with E-state index in [0.717, 1.165) is 24.9 Å². The predicted molar refractivity (Wildman–Crippen MR) is 78.9 cm³/mol. The van der Waals surface area contributed by atoms with Gasteiger partial charge in [0.15, 0.2) is 0 Å². The van der Waals surface area contributed by atoms with Crippen LogP contribution < -0.4 is 5.32 Å². The first-order valence-corrected chi connectivity index (χ1v) is 7.21. The molecule has 2 rings (SSSR count). The van der Waals surface area contributed by atoms with Gasteiger partial charge in [0.25, 0.3) is 5.91 Å². The molecule has 1 unspecified atom stereocenters. The molecule has 1 N–H and O–H groups in total. The molecule has 4 nitrogen and oxygen atoms in total. The summed E-state index contributed by atoms with van der Waals surface area (Å²) in [4.78, 5) is 25.9. The number of halogens is 1. The van der Waals surface area contributed by atoms with Crippen LogP contribution in [0.1, 0.15) is 35.7 Å². The van der Waals surface area contributed by atoms with Crippen molar-refractivity contribution < 1.29 is 9.59 Å². The first kappa shape index (κ1) is 14.9. The molecule has 20 heavy (non-hydrogen) atoms. The second-order valence-corrected chi connectivity index (χ2v) is 5.58. The number of nitrogens with zero attached hydrogens (tertiary/aromatic N) is 1. The van der Waals surface area contributed by atoms with Gasteiger partial charge in [-0.1, -0.05) is 23.7 Å². The summed E-state index contributed by atoms with van der Waals surface area (Å²) in [5.41, 5.74) is 1.26. The fourth-order valence-electron chi connectivity index (χ4n) is 2.48. The van der Waals surface area contributed by atoms with Crippen molar-refractivity contribution in [2.24, 2.45) is 0 Å². The highest BCUT2D eigenvalue weighted by Gasteiger charge is 2.25. The molecule has 1 atom stereocenters. The Morgan fingerprint density at radius 3 is 2.85 bits per heavy atom. The molecular formula is C15H19ClN2O2. The van der Waals surface area contributed by atoms with Crippen molar-refractivity contribution in [2.45, 2.75) is 32.7 Å². The topological polar surface area (TPSA) is 49.4 Å². The Kier molecular flexibility index (Phi) is 4.65. The third kappa shape index (κ3) is 3.12. The molecule has 1 heterocycles. The number of carbonyl (C=O) groups is 2. The summed E-state index contributed by atoms with van der Waals surface area (Å²) in [6, 6.07) is 5.55. The normalized spacial score (nSPS) is 18.1. The van der Waals surface area contributed by atoms with E-state index in [-0.39, 0.29) is 24.4 Å². The standard InChI is InChI=1S/C15H19ClN2O2/c1-10-5-3-7-12(14(10)16)15(20)17-9-13(19)18-8-4-6-11(18)2/h3,5,7,11H,4,6,8-9H2,1-2H3,(H,17,20). The number of carbonyl (C=O) groups excluding carboxylic acids is 2. The average molecular weight is 295 g/mol. The van der Waals surface area contributed by atoms with Crippen LogP contribution in [0.15, 0.2) is 18.2 Å². The van der Waals surface area contributed by atoms with Crippen LogP contribution in [-0.4, -0.2) is 35.8 Å². The van der Waals surface area contributed by atoms with Crippen LogP contribution in [-0.2, 0) is 4.79 Å². The highest BCUT2D eigenvalue weighted by Crippen LogP contribution is 2.20. The SMILES string of the molecule is Cc1cccc(C(=O)NCC(=O)N2CCCC2C)c1Cl. The zero-order valence-electron chi connectivity index (χ0n) is 11.8. The molecule has 1 fully saturated rings. The minimum Gasteiger partial charge on any atom is -0.343 e. The van der Waals surface area contributed by atoms with Crippen LogP contribution in [0.2, 0.25) is 5.02 Å². The van der Waals surface area contributed by atoms with Crippen LogP contribution in [0, 0.1) is 6.92 Å². The molecule has 0 radical (unpaired) electrons. The van der Waals surface area contributed by atoms with E-state index < -0.39 is 0 Å². The molecule has 108 valence electrons. The number of hydrogen-bond donors (Lipinski definition) is 1. The molecule has 2 amide bonds. The Hall–Kier alpha value is -1.55. The van der Waals surface area contributed by atoms with E-state index in [1.807, 2.05) is 24.8 Å². The number of rotatable bonds is 3. The molecular weight excluding hydrogens is 276 g/mol. The van der Waals surface area contributed by atoms with Gasteiger partial charge < -0.3 is 10.2 Å². The fraction of sp³-hybridized carbons (Fsp3) is 0.467. The predicted octanol–water partition coefficient (Wildman–Crippen LogP) is 2.39. The lowest BCUT2D eigenvalue weighted by Gasteiger charge is -2.21. The average Bonchev–Trinajstić information content (AvgIpc) is 2.85. The van der Waals surface area contributed by atoms with Gasteiger partial charge in [0.05, 0.1) is 17.1 Å². The highest BCUT2D eigenvalue weighted by molar-refractivity contribution is 6.34. The maximum atomic E-state index is 12.1. The summed E-state index contributed by atoms with van der Waals surface area (Å²) in [6.45, 7) is 4.68. The quantitative estimate of drug-likeness (QED) is 0.930. The molecule has 0 spiro atoms. The minimum atomic E-state index is -0.307. The number of nitrogens with one attached hydrogen (secondary N) is 1. The molecule has 0 bridgehead atoms. The van der Waals surface area contributed by atoms with Gasteiger partial charge in [-0.05, 0) is 38.3 Å². The van der Waals surface area contributed by atoms with Gasteiger partial charge in [0.2, 0.25) is 5.91 Å². The zero-order valence-corrected chi connectivity index (χ0v) is 12.5. The number of amides is 2. The van der Waals surface area contributed by atoms with Gasteiger partial charge in [-0.2, -0.15) is 0 Å². The van der Waals surface area contributed by atoms with Crippen LogP contribution >= 0.6 is 11.6 Å². The van der Waals surface area contributed by atoms with E-state index in [1.165, 1.54) is 0 Å². The van der Waals surface area contributed by atoms with Crippen molar-refractivity contribution >= 4 is 23.4 Å². The van der Waals surface area contributed by atoms with E-state index in [0.29, 0.717) is 10.6 Å². The monoisotopic (exact) mass is 294 g/mol. The fourth-order valence-corrected chi connectivity index (χ4v) is 2.69. The minimum absolute atomic E-state index is 0.0213. The van der Waals surface area contributed by atoms with Crippen molar-refractivity contribution in [1.82, 2.24) is 10.2 Å². The molecule has 1 saturated heterocycles. The first-order chi connectivity index (χ1) is 9.50. The second kappa shape index (κ2) is 6.27. The van der Waals surface area contributed by atoms with Gasteiger partial charge in [0.1, 0.15) is 0 Å². The summed E-state index contributed by atoms with van der Waals surface area (Å²) < 4.78 is 0. The van der Waals surface area contributed by atoms with Crippen molar-refractivity contribution in [3.05, 3.63) is 34.3 Å². The summed E-state index contributed by atoms with van der Waals surface area (Å²) in [7, 11) is 0. The Morgan fingerprint density at radius 1 is 1.45 bits per heavy atom. The van der Waals surface area contributed by atoms with Crippen molar-refractivity contribution in [3.63, 3.8) is 0 Å². The van der Waals surface area contributed by atoms with Crippen LogP contribution in [0.5, 0.6) is 0 Å². The Bertz CT molecular complexity index is 531. The summed E-state index contributed by atoms with van der Waals surface area (Å²) in [5, 5.41) is 3.09. The number of aryl methyl sites for hydroxylation is 1. The number of hydrogen-bond acceptors (Lipinski definition) is 2. The molecule has 1 aliphatic heterocycles. The van der Waals surface area contributed by atoms with Gasteiger partial charge >= 0.3 is 0 Å². The highest BCUT2D eigenvalue weighted by atomic mass is 35.5. The van der Waals surface area contributed by atoms with Crippen LogP contribution in [0.25, 0.3) is 0 Å². The van der Waals surface area contributed by atoms with E-state index >= 15 is 0 Å². The van der Waals surface area contributed by atoms with E-state index in [1.54, 1.807) is 12.1 Å². The maximum Gasteiger partial charge on any atom is 0.253 e. The van der Waals surface area contributed by atoms with Gasteiger partial charge in [-0.25, -0.2) is 0 Å². The lowest BCUT2D eigenvalue weighted by Crippen LogP contribution is -2.41. The van der Waals surface area contributed by atoms with Crippen molar-refractivity contribution in [1.29, 1.82) is 0 Å². The van der Waals surface area contributed by atoms with Gasteiger partial charge in [0, 0.05) is 12.6 Å². The van der Waals surface area contributed by atoms with Crippen molar-refractivity contribution in [3.8, 4) is 0 Å². The number of benzene rings is 1. The van der Waals surface area contributed by atoms with Crippen LogP contribution in [0.3, 0.4) is 0 Å². The molecule has 0 saturated carbocycles. The van der Waals surface area contributed by atoms with Gasteiger partial charge in [-0.15, -0.1) is 0 Å². The Labute approximate surface area is 124 Å². The molecule has 1 aromatic carbocycles. The van der Waals surface area contributed by atoms with E-state index in [9.17, 15) is 9.59 Å². The molecule has 0 aliphatic carbocycles. The third-order valence-corrected chi connectivity index (χ3v) is 4.21. The maximum absolute atomic E-state index is 12.1. The summed E-state index contributed by atoms with van der Waals surface area (Å²) >= 11 is 6.10. The number of likely N-dealkylation sites (tertiary alicyclic amines) is 1. The zero-order chi connectivity index (χ0) is 14.7. The third-order valence-electron chi connectivity index (χ3n) is 3.71. The van der Waals surface area contributed by atoms with Crippen molar-refractivity contribution in [2.75, 3.05) is 13.1 Å². The molecule has 1 aliphatic rings. The Morgan fingerprint density at radius 2 is 2.20 bits per heavy atom. The summed E-state index contributed by atoms with van der Waals surface area (Å²) in [6.07, 6.45) is 2.06. The lowest BCUT2D eigenvalue weighted by molar-refractivity contribution is -0.130. The second-order valence-electron chi connectivity index (χ2n) is 5.20. The Balaban J connectivity index is 1.95. The largest absolute Gasteiger partial charge is 0.343 e. The van der Waals surface area contributed by atoms with Gasteiger partial charge in [-0.3, -0.25) is 9.59 Å². The molecule has 1 aromatic rings. The molecule has 0 aromatic heterocycles. The molecule has 5 heteroatoms.